The first kappa shape index (κ1) is 14.8. The van der Waals surface area contributed by atoms with Gasteiger partial charge in [0.05, 0.1) is 5.54 Å². The Morgan fingerprint density at radius 1 is 1.50 bits per heavy atom. The number of nitrogens with zero attached hydrogens (tertiary/aromatic N) is 1. The number of carbonyl (C=O) groups excluding carboxylic acids is 1. The van der Waals surface area contributed by atoms with E-state index in [1.807, 2.05) is 6.07 Å². The van der Waals surface area contributed by atoms with Gasteiger partial charge in [-0.05, 0) is 44.9 Å². The van der Waals surface area contributed by atoms with Crippen molar-refractivity contribution in [2.45, 2.75) is 38.3 Å². The standard InChI is InChI=1S/C15H22FN3O/c1-15(2,17)14(20)18-12-6-4-8-19(10-12)13-7-3-5-11(16)9-13/h3,5,7,9,12H,4,6,8,10,17H2,1-2H3,(H,18,20). The number of nitrogens with one attached hydrogen (secondary N) is 1. The molecule has 110 valence electrons. The molecule has 0 aromatic heterocycles. The summed E-state index contributed by atoms with van der Waals surface area (Å²) >= 11 is 0. The molecule has 0 spiro atoms. The Bertz CT molecular complexity index is 484. The van der Waals surface area contributed by atoms with Gasteiger partial charge in [0.2, 0.25) is 5.91 Å². The van der Waals surface area contributed by atoms with Crippen LogP contribution in [0, 0.1) is 5.82 Å². The molecule has 0 aliphatic carbocycles. The number of rotatable bonds is 3. The number of anilines is 1. The van der Waals surface area contributed by atoms with Gasteiger partial charge in [-0.2, -0.15) is 0 Å². The van der Waals surface area contributed by atoms with Crippen molar-refractivity contribution in [2.75, 3.05) is 18.0 Å². The van der Waals surface area contributed by atoms with Crippen LogP contribution in [0.2, 0.25) is 0 Å². The van der Waals surface area contributed by atoms with Crippen LogP contribution >= 0.6 is 0 Å². The molecule has 1 amide bonds. The Morgan fingerprint density at radius 3 is 2.90 bits per heavy atom. The highest BCUT2D eigenvalue weighted by atomic mass is 19.1. The first-order chi connectivity index (χ1) is 9.36. The average Bonchev–Trinajstić information content (AvgIpc) is 2.38. The number of carbonyl (C=O) groups is 1. The minimum absolute atomic E-state index is 0.0577. The first-order valence-corrected chi connectivity index (χ1v) is 6.96. The minimum Gasteiger partial charge on any atom is -0.369 e. The van der Waals surface area contributed by atoms with Crippen LogP contribution < -0.4 is 16.0 Å². The lowest BCUT2D eigenvalue weighted by Gasteiger charge is -2.35. The van der Waals surface area contributed by atoms with Crippen LogP contribution in [-0.4, -0.2) is 30.6 Å². The van der Waals surface area contributed by atoms with E-state index < -0.39 is 5.54 Å². The lowest BCUT2D eigenvalue weighted by molar-refractivity contribution is -0.126. The maximum absolute atomic E-state index is 13.3. The summed E-state index contributed by atoms with van der Waals surface area (Å²) in [5.74, 6) is -0.389. The van der Waals surface area contributed by atoms with E-state index in [9.17, 15) is 9.18 Å². The molecule has 4 nitrogen and oxygen atoms in total. The highest BCUT2D eigenvalue weighted by Gasteiger charge is 2.27. The van der Waals surface area contributed by atoms with E-state index in [0.29, 0.717) is 6.54 Å². The van der Waals surface area contributed by atoms with E-state index in [-0.39, 0.29) is 17.8 Å². The van der Waals surface area contributed by atoms with Gasteiger partial charge in [0.1, 0.15) is 5.82 Å². The van der Waals surface area contributed by atoms with Crippen molar-refractivity contribution < 1.29 is 9.18 Å². The number of piperidine rings is 1. The second-order valence-electron chi connectivity index (χ2n) is 5.96. The molecule has 1 fully saturated rings. The Labute approximate surface area is 119 Å². The number of benzene rings is 1. The van der Waals surface area contributed by atoms with E-state index >= 15 is 0 Å². The molecule has 2 rings (SSSR count). The Morgan fingerprint density at radius 2 is 2.25 bits per heavy atom. The zero-order valence-electron chi connectivity index (χ0n) is 12.0. The van der Waals surface area contributed by atoms with Crippen LogP contribution in [0.3, 0.4) is 0 Å². The molecule has 0 radical (unpaired) electrons. The molecule has 1 aliphatic rings. The summed E-state index contributed by atoms with van der Waals surface area (Å²) in [6.45, 7) is 4.94. The molecule has 1 unspecified atom stereocenters. The number of halogens is 1. The zero-order valence-corrected chi connectivity index (χ0v) is 12.0. The van der Waals surface area contributed by atoms with Gasteiger partial charge in [-0.15, -0.1) is 0 Å². The molecular weight excluding hydrogens is 257 g/mol. The number of hydrogen-bond acceptors (Lipinski definition) is 3. The topological polar surface area (TPSA) is 58.4 Å². The first-order valence-electron chi connectivity index (χ1n) is 6.96. The van der Waals surface area contributed by atoms with E-state index in [2.05, 4.69) is 10.2 Å². The fourth-order valence-corrected chi connectivity index (χ4v) is 2.37. The molecule has 3 N–H and O–H groups in total. The Kier molecular flexibility index (Phi) is 4.28. The molecule has 1 atom stereocenters. The number of nitrogens with two attached hydrogens (primary N) is 1. The Balaban J connectivity index is 2.00. The van der Waals surface area contributed by atoms with Gasteiger partial charge >= 0.3 is 0 Å². The molecule has 1 saturated heterocycles. The van der Waals surface area contributed by atoms with Gasteiger partial charge in [-0.1, -0.05) is 6.07 Å². The molecule has 0 bridgehead atoms. The summed E-state index contributed by atoms with van der Waals surface area (Å²) in [5.41, 5.74) is 5.77. The van der Waals surface area contributed by atoms with Crippen molar-refractivity contribution >= 4 is 11.6 Å². The molecule has 20 heavy (non-hydrogen) atoms. The molecule has 1 aromatic carbocycles. The third-order valence-electron chi connectivity index (χ3n) is 3.52. The third kappa shape index (κ3) is 3.70. The smallest absolute Gasteiger partial charge is 0.239 e. The largest absolute Gasteiger partial charge is 0.369 e. The van der Waals surface area contributed by atoms with Gasteiger partial charge in [-0.3, -0.25) is 4.79 Å². The highest BCUT2D eigenvalue weighted by molar-refractivity contribution is 5.85. The van der Waals surface area contributed by atoms with Crippen molar-refractivity contribution in [2.24, 2.45) is 5.73 Å². The lowest BCUT2D eigenvalue weighted by atomic mass is 10.0. The second-order valence-corrected chi connectivity index (χ2v) is 5.96. The van der Waals surface area contributed by atoms with E-state index in [1.165, 1.54) is 12.1 Å². The predicted octanol–water partition coefficient (Wildman–Crippen LogP) is 1.65. The van der Waals surface area contributed by atoms with Crippen LogP contribution in [0.15, 0.2) is 24.3 Å². The molecule has 5 heteroatoms. The van der Waals surface area contributed by atoms with Crippen molar-refractivity contribution in [1.29, 1.82) is 0 Å². The minimum atomic E-state index is -0.874. The fraction of sp³-hybridized carbons (Fsp3) is 0.533. The molecule has 1 aliphatic heterocycles. The second kappa shape index (κ2) is 5.79. The fourth-order valence-electron chi connectivity index (χ4n) is 2.37. The predicted molar refractivity (Wildman–Crippen MR) is 78.0 cm³/mol. The third-order valence-corrected chi connectivity index (χ3v) is 3.52. The van der Waals surface area contributed by atoms with E-state index in [0.717, 1.165) is 25.1 Å². The summed E-state index contributed by atoms with van der Waals surface area (Å²) in [4.78, 5) is 14.0. The molecule has 1 heterocycles. The normalized spacial score (nSPS) is 19.8. The Hall–Kier alpha value is -1.62. The summed E-state index contributed by atoms with van der Waals surface area (Å²) in [5, 5.41) is 2.97. The highest BCUT2D eigenvalue weighted by Crippen LogP contribution is 2.21. The van der Waals surface area contributed by atoms with E-state index in [4.69, 9.17) is 5.73 Å². The van der Waals surface area contributed by atoms with Crippen LogP contribution in [0.25, 0.3) is 0 Å². The van der Waals surface area contributed by atoms with Gasteiger partial charge in [0.25, 0.3) is 0 Å². The van der Waals surface area contributed by atoms with Crippen LogP contribution in [-0.2, 0) is 4.79 Å². The number of amides is 1. The average molecular weight is 279 g/mol. The summed E-state index contributed by atoms with van der Waals surface area (Å²) in [6, 6.07) is 6.61. The summed E-state index contributed by atoms with van der Waals surface area (Å²) < 4.78 is 13.3. The summed E-state index contributed by atoms with van der Waals surface area (Å²) in [6.07, 6.45) is 1.89. The van der Waals surface area contributed by atoms with Gasteiger partial charge < -0.3 is 16.0 Å². The van der Waals surface area contributed by atoms with Crippen molar-refractivity contribution in [3.8, 4) is 0 Å². The molecular formula is C15H22FN3O. The molecule has 0 saturated carbocycles. The monoisotopic (exact) mass is 279 g/mol. The summed E-state index contributed by atoms with van der Waals surface area (Å²) in [7, 11) is 0. The lowest BCUT2D eigenvalue weighted by Crippen LogP contribution is -2.55. The van der Waals surface area contributed by atoms with Gasteiger partial charge in [0.15, 0.2) is 0 Å². The SMILES string of the molecule is CC(C)(N)C(=O)NC1CCCN(c2cccc(F)c2)C1. The van der Waals surface area contributed by atoms with Gasteiger partial charge in [0, 0.05) is 24.8 Å². The quantitative estimate of drug-likeness (QED) is 0.884. The maximum atomic E-state index is 13.3. The van der Waals surface area contributed by atoms with Crippen LogP contribution in [0.5, 0.6) is 0 Å². The molecule has 1 aromatic rings. The maximum Gasteiger partial charge on any atom is 0.239 e. The van der Waals surface area contributed by atoms with E-state index in [1.54, 1.807) is 19.9 Å². The zero-order chi connectivity index (χ0) is 14.8. The van der Waals surface area contributed by atoms with Crippen molar-refractivity contribution in [1.82, 2.24) is 5.32 Å². The van der Waals surface area contributed by atoms with Crippen LogP contribution in [0.4, 0.5) is 10.1 Å². The van der Waals surface area contributed by atoms with Crippen molar-refractivity contribution in [3.05, 3.63) is 30.1 Å². The van der Waals surface area contributed by atoms with Crippen LogP contribution in [0.1, 0.15) is 26.7 Å². The van der Waals surface area contributed by atoms with Crippen molar-refractivity contribution in [3.63, 3.8) is 0 Å². The number of hydrogen-bond donors (Lipinski definition) is 2. The van der Waals surface area contributed by atoms with Gasteiger partial charge in [-0.25, -0.2) is 4.39 Å².